The molecule has 0 fully saturated rings. The summed E-state index contributed by atoms with van der Waals surface area (Å²) < 4.78 is 30.1. The van der Waals surface area contributed by atoms with E-state index in [1.807, 2.05) is 4.83 Å². The van der Waals surface area contributed by atoms with Gasteiger partial charge in [0.1, 0.15) is 11.5 Å². The number of nitrogens with one attached hydrogen (secondary N) is 1. The minimum Gasteiger partial charge on any atom is -0.455 e. The van der Waals surface area contributed by atoms with Crippen molar-refractivity contribution < 1.29 is 22.7 Å². The van der Waals surface area contributed by atoms with Gasteiger partial charge in [-0.25, -0.2) is 0 Å². The van der Waals surface area contributed by atoms with Crippen LogP contribution in [0, 0.1) is 27.2 Å². The molecule has 0 atom stereocenters. The molecular formula is C18H14N4O7S. The Kier molecular flexibility index (Phi) is 5.60. The molecule has 0 radical (unpaired) electrons. The van der Waals surface area contributed by atoms with Crippen molar-refractivity contribution in [2.75, 3.05) is 0 Å². The third kappa shape index (κ3) is 4.50. The molecule has 0 aliphatic rings. The average molecular weight is 430 g/mol. The largest absolute Gasteiger partial charge is 0.455 e. The lowest BCUT2D eigenvalue weighted by Gasteiger charge is -2.04. The predicted molar refractivity (Wildman–Crippen MR) is 107 cm³/mol. The van der Waals surface area contributed by atoms with Crippen molar-refractivity contribution in [1.82, 2.24) is 4.83 Å². The van der Waals surface area contributed by atoms with Gasteiger partial charge >= 0.3 is 0 Å². The van der Waals surface area contributed by atoms with Crippen LogP contribution in [0.2, 0.25) is 0 Å². The minimum absolute atomic E-state index is 0.0981. The highest BCUT2D eigenvalue weighted by molar-refractivity contribution is 7.89. The number of hydrogen-bond donors (Lipinski definition) is 1. The first kappa shape index (κ1) is 20.7. The van der Waals surface area contributed by atoms with Crippen LogP contribution in [0.25, 0.3) is 11.3 Å². The molecule has 11 nitrogen and oxygen atoms in total. The van der Waals surface area contributed by atoms with Crippen LogP contribution in [-0.2, 0) is 10.0 Å². The summed E-state index contributed by atoms with van der Waals surface area (Å²) in [7, 11) is -4.13. The van der Waals surface area contributed by atoms with Crippen LogP contribution in [0.15, 0.2) is 69.0 Å². The molecule has 0 spiro atoms. The third-order valence-corrected chi connectivity index (χ3v) is 5.24. The fourth-order valence-corrected chi connectivity index (χ4v) is 3.33. The molecule has 0 unspecified atom stereocenters. The van der Waals surface area contributed by atoms with Gasteiger partial charge in [-0.1, -0.05) is 18.2 Å². The first-order valence-corrected chi connectivity index (χ1v) is 9.80. The van der Waals surface area contributed by atoms with Gasteiger partial charge in [-0.3, -0.25) is 20.2 Å². The second kappa shape index (κ2) is 8.13. The molecule has 0 saturated heterocycles. The molecule has 1 aromatic heterocycles. The average Bonchev–Trinajstić information content (AvgIpc) is 3.17. The summed E-state index contributed by atoms with van der Waals surface area (Å²) in [6, 6.07) is 12.4. The van der Waals surface area contributed by atoms with Gasteiger partial charge in [0.05, 0.1) is 21.0 Å². The number of nitro groups is 2. The SMILES string of the molecule is Cc1ccc(S(=O)(=O)N/N=C/c2ccc(-c3cccc([N+](=O)[O-])c3)o2)cc1[N+](=O)[O-]. The molecule has 0 aliphatic heterocycles. The van der Waals surface area contributed by atoms with Gasteiger partial charge < -0.3 is 4.42 Å². The normalized spacial score (nSPS) is 11.5. The molecule has 0 saturated carbocycles. The smallest absolute Gasteiger partial charge is 0.276 e. The zero-order valence-electron chi connectivity index (χ0n) is 15.4. The van der Waals surface area contributed by atoms with Crippen LogP contribution in [0.1, 0.15) is 11.3 Å². The van der Waals surface area contributed by atoms with Crippen molar-refractivity contribution in [3.63, 3.8) is 0 Å². The van der Waals surface area contributed by atoms with Crippen LogP contribution in [-0.4, -0.2) is 24.5 Å². The Morgan fingerprint density at radius 2 is 1.80 bits per heavy atom. The molecule has 0 aliphatic carbocycles. The van der Waals surface area contributed by atoms with Gasteiger partial charge in [0.25, 0.3) is 21.4 Å². The van der Waals surface area contributed by atoms with E-state index in [1.165, 1.54) is 43.3 Å². The van der Waals surface area contributed by atoms with E-state index in [0.29, 0.717) is 16.9 Å². The van der Waals surface area contributed by atoms with E-state index in [9.17, 15) is 28.6 Å². The third-order valence-electron chi connectivity index (χ3n) is 4.02. The van der Waals surface area contributed by atoms with Gasteiger partial charge in [-0.2, -0.15) is 18.4 Å². The number of hydrazone groups is 1. The molecular weight excluding hydrogens is 416 g/mol. The molecule has 0 bridgehead atoms. The molecule has 12 heteroatoms. The number of nitro benzene ring substituents is 2. The molecule has 0 amide bonds. The van der Waals surface area contributed by atoms with Crippen LogP contribution in [0.4, 0.5) is 11.4 Å². The van der Waals surface area contributed by atoms with E-state index in [0.717, 1.165) is 12.3 Å². The Morgan fingerprint density at radius 1 is 1.03 bits per heavy atom. The number of non-ortho nitro benzene ring substituents is 1. The number of furan rings is 1. The Balaban J connectivity index is 1.76. The lowest BCUT2D eigenvalue weighted by molar-refractivity contribution is -0.385. The Morgan fingerprint density at radius 3 is 2.50 bits per heavy atom. The number of benzene rings is 2. The fourth-order valence-electron chi connectivity index (χ4n) is 2.52. The second-order valence-electron chi connectivity index (χ2n) is 6.07. The Hall–Kier alpha value is -4.06. The van der Waals surface area contributed by atoms with Crippen LogP contribution in [0.5, 0.6) is 0 Å². The number of sulfonamides is 1. The topological polar surface area (TPSA) is 158 Å². The van der Waals surface area contributed by atoms with E-state index in [-0.39, 0.29) is 22.0 Å². The highest BCUT2D eigenvalue weighted by Crippen LogP contribution is 2.25. The zero-order chi connectivity index (χ0) is 21.9. The van der Waals surface area contributed by atoms with Gasteiger partial charge in [-0.05, 0) is 25.1 Å². The Labute approximate surface area is 170 Å². The molecule has 30 heavy (non-hydrogen) atoms. The maximum absolute atomic E-state index is 12.3. The summed E-state index contributed by atoms with van der Waals surface area (Å²) in [6.45, 7) is 1.50. The van der Waals surface area contributed by atoms with Crippen molar-refractivity contribution in [1.29, 1.82) is 0 Å². The van der Waals surface area contributed by atoms with Crippen LogP contribution in [0.3, 0.4) is 0 Å². The number of rotatable bonds is 7. The molecule has 3 aromatic rings. The predicted octanol–water partition coefficient (Wildman–Crippen LogP) is 3.38. The van der Waals surface area contributed by atoms with Crippen LogP contribution < -0.4 is 4.83 Å². The summed E-state index contributed by atoms with van der Waals surface area (Å²) >= 11 is 0. The van der Waals surface area contributed by atoms with E-state index in [2.05, 4.69) is 5.10 Å². The van der Waals surface area contributed by atoms with E-state index in [1.54, 1.807) is 12.1 Å². The van der Waals surface area contributed by atoms with Crippen LogP contribution >= 0.6 is 0 Å². The molecule has 3 rings (SSSR count). The molecule has 2 aromatic carbocycles. The lowest BCUT2D eigenvalue weighted by atomic mass is 10.1. The summed E-state index contributed by atoms with van der Waals surface area (Å²) in [6.07, 6.45) is 1.10. The van der Waals surface area contributed by atoms with Crippen molar-refractivity contribution in [3.05, 3.63) is 86.1 Å². The number of hydrogen-bond acceptors (Lipinski definition) is 8. The summed E-state index contributed by atoms with van der Waals surface area (Å²) in [5, 5.41) is 25.5. The second-order valence-corrected chi connectivity index (χ2v) is 7.73. The summed E-state index contributed by atoms with van der Waals surface area (Å²) in [5.74, 6) is 0.520. The van der Waals surface area contributed by atoms with Gasteiger partial charge in [0.15, 0.2) is 0 Å². The molecule has 154 valence electrons. The van der Waals surface area contributed by atoms with E-state index >= 15 is 0 Å². The quantitative estimate of drug-likeness (QED) is 0.342. The zero-order valence-corrected chi connectivity index (χ0v) is 16.2. The van der Waals surface area contributed by atoms with E-state index < -0.39 is 19.9 Å². The van der Waals surface area contributed by atoms with Crippen molar-refractivity contribution >= 4 is 27.6 Å². The summed E-state index contributed by atoms with van der Waals surface area (Å²) in [4.78, 5) is 22.3. The minimum atomic E-state index is -4.13. The Bertz CT molecular complexity index is 1270. The maximum Gasteiger partial charge on any atom is 0.276 e. The number of nitrogens with zero attached hydrogens (tertiary/aromatic N) is 3. The fraction of sp³-hybridized carbons (Fsp3) is 0.0556. The number of aryl methyl sites for hydroxylation is 1. The van der Waals surface area contributed by atoms with Crippen molar-refractivity contribution in [2.45, 2.75) is 11.8 Å². The monoisotopic (exact) mass is 430 g/mol. The van der Waals surface area contributed by atoms with E-state index in [4.69, 9.17) is 4.42 Å². The van der Waals surface area contributed by atoms with Crippen molar-refractivity contribution in [3.8, 4) is 11.3 Å². The van der Waals surface area contributed by atoms with Crippen molar-refractivity contribution in [2.24, 2.45) is 5.10 Å². The van der Waals surface area contributed by atoms with Gasteiger partial charge in [-0.15, -0.1) is 0 Å². The highest BCUT2D eigenvalue weighted by Gasteiger charge is 2.19. The standard InChI is InChI=1S/C18H14N4O7S/c1-12-5-7-16(10-17(12)22(25)26)30(27,28)20-19-11-15-6-8-18(29-15)13-3-2-4-14(9-13)21(23)24/h2-11,20H,1H3/b19-11+. The van der Waals surface area contributed by atoms with Gasteiger partial charge in [0, 0.05) is 29.3 Å². The molecule has 1 heterocycles. The maximum atomic E-state index is 12.3. The molecule has 1 N–H and O–H groups in total. The first-order chi connectivity index (χ1) is 14.2. The first-order valence-electron chi connectivity index (χ1n) is 8.32. The lowest BCUT2D eigenvalue weighted by Crippen LogP contribution is -2.18. The summed E-state index contributed by atoms with van der Waals surface area (Å²) in [5.41, 5.74) is 0.372. The highest BCUT2D eigenvalue weighted by atomic mass is 32.2. The van der Waals surface area contributed by atoms with Gasteiger partial charge in [0.2, 0.25) is 0 Å².